The van der Waals surface area contributed by atoms with Crippen LogP contribution in [0.3, 0.4) is 0 Å². The summed E-state index contributed by atoms with van der Waals surface area (Å²) in [6.45, 7) is 17.6. The topological polar surface area (TPSA) is 108 Å². The van der Waals surface area contributed by atoms with Gasteiger partial charge < -0.3 is 5.11 Å². The summed E-state index contributed by atoms with van der Waals surface area (Å²) in [5.41, 5.74) is 5.43. The fraction of sp³-hybridized carbons (Fsp3) is 0.429. The van der Waals surface area contributed by atoms with Gasteiger partial charge in [-0.05, 0) is 53.0 Å². The van der Waals surface area contributed by atoms with Crippen molar-refractivity contribution in [3.05, 3.63) is 103 Å². The highest BCUT2D eigenvalue weighted by molar-refractivity contribution is 5.66. The van der Waals surface area contributed by atoms with E-state index in [1.165, 1.54) is 16.7 Å². The molecule has 2 aromatic rings. The molecular formula is C35H44N4O3. The number of nitrogens with zero attached hydrogens (tertiary/aromatic N) is 2. The number of aromatic nitrogens is 1. The summed E-state index contributed by atoms with van der Waals surface area (Å²) in [5.74, 6) is 0.0765. The third-order valence-corrected chi connectivity index (χ3v) is 8.15. The molecule has 7 heteroatoms. The van der Waals surface area contributed by atoms with Crippen molar-refractivity contribution < 1.29 is 5.11 Å². The van der Waals surface area contributed by atoms with Gasteiger partial charge in [-0.3, -0.25) is 25.0 Å². The molecule has 0 bridgehead atoms. The van der Waals surface area contributed by atoms with E-state index in [0.717, 1.165) is 36.0 Å². The van der Waals surface area contributed by atoms with Crippen LogP contribution in [0.25, 0.3) is 11.1 Å². The van der Waals surface area contributed by atoms with Crippen LogP contribution in [-0.2, 0) is 17.4 Å². The van der Waals surface area contributed by atoms with E-state index in [1.807, 2.05) is 31.2 Å². The van der Waals surface area contributed by atoms with Gasteiger partial charge >= 0.3 is 0 Å². The Morgan fingerprint density at radius 2 is 1.50 bits per heavy atom. The average molecular weight is 569 g/mol. The minimum Gasteiger partial charge on any atom is -0.505 e. The molecule has 2 aromatic carbocycles. The Morgan fingerprint density at radius 1 is 0.881 bits per heavy atom. The van der Waals surface area contributed by atoms with Gasteiger partial charge in [0.15, 0.2) is 0 Å². The summed E-state index contributed by atoms with van der Waals surface area (Å²) >= 11 is 0. The first kappa shape index (κ1) is 30.9. The lowest BCUT2D eigenvalue weighted by Crippen LogP contribution is -2.28. The quantitative estimate of drug-likeness (QED) is 0.166. The lowest BCUT2D eigenvalue weighted by Gasteiger charge is -2.35. The summed E-state index contributed by atoms with van der Waals surface area (Å²) in [5, 5.41) is 24.9. The monoisotopic (exact) mass is 568 g/mol. The third-order valence-electron chi connectivity index (χ3n) is 8.15. The van der Waals surface area contributed by atoms with Crippen LogP contribution in [0, 0.1) is 10.8 Å². The molecule has 0 fully saturated rings. The number of benzene rings is 3. The first-order valence-corrected chi connectivity index (χ1v) is 14.7. The molecule has 0 saturated heterocycles. The maximum atomic E-state index is 13.0. The number of aromatic hydroxyl groups is 1. The smallest absolute Gasteiger partial charge is 0.261 e. The number of anilines is 1. The van der Waals surface area contributed by atoms with Crippen LogP contribution in [0.2, 0.25) is 0 Å². The maximum absolute atomic E-state index is 13.0. The number of rotatable bonds is 9. The molecular weight excluding hydrogens is 524 g/mol. The normalized spacial score (nSPS) is 13.2. The van der Waals surface area contributed by atoms with E-state index < -0.39 is 5.41 Å². The number of nitrogens with one attached hydrogen (secondary N) is 2. The second kappa shape index (κ2) is 11.3. The van der Waals surface area contributed by atoms with Crippen LogP contribution < -0.4 is 27.3 Å². The highest BCUT2D eigenvalue weighted by Crippen LogP contribution is 2.45. The van der Waals surface area contributed by atoms with Crippen molar-refractivity contribution in [2.45, 2.75) is 92.0 Å². The van der Waals surface area contributed by atoms with Crippen molar-refractivity contribution in [1.29, 1.82) is 5.41 Å². The molecule has 2 aliphatic rings. The summed E-state index contributed by atoms with van der Waals surface area (Å²) in [4.78, 5) is 25.8. The van der Waals surface area contributed by atoms with Crippen molar-refractivity contribution in [1.82, 2.24) is 4.57 Å². The van der Waals surface area contributed by atoms with Crippen molar-refractivity contribution in [3.63, 3.8) is 0 Å². The molecule has 7 nitrogen and oxygen atoms in total. The Kier molecular flexibility index (Phi) is 8.36. The van der Waals surface area contributed by atoms with E-state index in [1.54, 1.807) is 0 Å². The number of fused-ring (bicyclic) bond motifs is 1. The first-order chi connectivity index (χ1) is 19.6. The maximum Gasteiger partial charge on any atom is 0.261 e. The van der Waals surface area contributed by atoms with E-state index >= 15 is 0 Å². The Morgan fingerprint density at radius 3 is 2.10 bits per heavy atom. The van der Waals surface area contributed by atoms with Crippen LogP contribution >= 0.6 is 0 Å². The Hall–Kier alpha value is -4.00. The highest BCUT2D eigenvalue weighted by atomic mass is 16.3. The molecule has 0 saturated carbocycles. The lowest BCUT2D eigenvalue weighted by atomic mass is 9.70. The predicted molar refractivity (Wildman–Crippen MR) is 170 cm³/mol. The SMILES string of the molecule is CCCCn1c(=O)c2cc(=N)/c(=N\Nc3cc(C(C)(C)CC(C)(C)C)cc(C(C)(C)c4ccccc4)c3O)cc-2c1=O. The molecule has 42 heavy (non-hydrogen) atoms. The van der Waals surface area contributed by atoms with Gasteiger partial charge in [0, 0.05) is 17.5 Å². The van der Waals surface area contributed by atoms with Crippen molar-refractivity contribution in [2.75, 3.05) is 5.43 Å². The number of hydrogen-bond donors (Lipinski definition) is 3. The molecule has 0 amide bonds. The Labute approximate surface area is 248 Å². The summed E-state index contributed by atoms with van der Waals surface area (Å²) < 4.78 is 1.25. The number of phenols is 1. The van der Waals surface area contributed by atoms with E-state index in [0.29, 0.717) is 12.2 Å². The van der Waals surface area contributed by atoms with Crippen LogP contribution in [0.15, 0.2) is 69.3 Å². The van der Waals surface area contributed by atoms with Gasteiger partial charge in [-0.25, -0.2) is 0 Å². The fourth-order valence-corrected chi connectivity index (χ4v) is 6.08. The third kappa shape index (κ3) is 6.10. The molecule has 1 aliphatic heterocycles. The van der Waals surface area contributed by atoms with Crippen molar-refractivity contribution >= 4 is 5.69 Å². The zero-order chi connectivity index (χ0) is 31.0. The lowest BCUT2D eigenvalue weighted by molar-refractivity contribution is 0.284. The zero-order valence-electron chi connectivity index (χ0n) is 26.2. The molecule has 0 spiro atoms. The van der Waals surface area contributed by atoms with Gasteiger partial charge in [0.2, 0.25) is 0 Å². The van der Waals surface area contributed by atoms with Gasteiger partial charge in [-0.2, -0.15) is 5.10 Å². The van der Waals surface area contributed by atoms with E-state index in [9.17, 15) is 14.7 Å². The largest absolute Gasteiger partial charge is 0.505 e. The average Bonchev–Trinajstić information content (AvgIpc) is 3.13. The van der Waals surface area contributed by atoms with Gasteiger partial charge in [0.05, 0.1) is 22.2 Å². The van der Waals surface area contributed by atoms with E-state index in [4.69, 9.17) is 5.41 Å². The van der Waals surface area contributed by atoms with Crippen molar-refractivity contribution in [3.8, 4) is 16.9 Å². The van der Waals surface area contributed by atoms with Crippen LogP contribution in [0.4, 0.5) is 5.69 Å². The second-order valence-corrected chi connectivity index (χ2v) is 13.8. The minimum atomic E-state index is -0.515. The summed E-state index contributed by atoms with van der Waals surface area (Å²) in [6.07, 6.45) is 2.50. The van der Waals surface area contributed by atoms with Gasteiger partial charge in [-0.1, -0.05) is 98.2 Å². The molecule has 0 atom stereocenters. The molecule has 1 aliphatic carbocycles. The predicted octanol–water partition coefficient (Wildman–Crippen LogP) is 6.14. The molecule has 0 aromatic heterocycles. The highest BCUT2D eigenvalue weighted by Gasteiger charge is 2.33. The van der Waals surface area contributed by atoms with Crippen LogP contribution in [-0.4, -0.2) is 9.67 Å². The summed E-state index contributed by atoms with van der Waals surface area (Å²) in [6, 6.07) is 17.0. The molecule has 0 unspecified atom stereocenters. The zero-order valence-corrected chi connectivity index (χ0v) is 26.2. The Bertz CT molecular complexity index is 1770. The van der Waals surface area contributed by atoms with Crippen LogP contribution in [0.1, 0.15) is 91.3 Å². The van der Waals surface area contributed by atoms with E-state index in [-0.39, 0.29) is 49.5 Å². The van der Waals surface area contributed by atoms with Crippen molar-refractivity contribution in [2.24, 2.45) is 10.5 Å². The fourth-order valence-electron chi connectivity index (χ4n) is 6.08. The standard InChI is InChI=1S/C35H44N4O3/c1-9-10-16-39-31(41)24-19-27(36)28(20-25(24)32(39)42)37-38-29-18-23(34(5,6)21-33(2,3)4)17-26(30(29)40)35(7,8)22-14-12-11-13-15-22/h11-15,17-20,36,38,40H,9-10,16,21H2,1-8H3/b36-27?,37-28-. The number of phenolic OH excluding ortho intramolecular Hbond substituents is 1. The molecule has 222 valence electrons. The second-order valence-electron chi connectivity index (χ2n) is 13.8. The summed E-state index contributed by atoms with van der Waals surface area (Å²) in [7, 11) is 0. The first-order valence-electron chi connectivity index (χ1n) is 14.7. The molecule has 1 heterocycles. The molecule has 3 N–H and O–H groups in total. The number of hydrogen-bond acceptors (Lipinski definition) is 6. The van der Waals surface area contributed by atoms with Gasteiger partial charge in [0.25, 0.3) is 11.1 Å². The number of unbranched alkanes of at least 4 members (excludes halogenated alkanes) is 1. The Balaban J connectivity index is 1.88. The minimum absolute atomic E-state index is 0.0216. The van der Waals surface area contributed by atoms with E-state index in [2.05, 4.69) is 77.2 Å². The molecule has 4 rings (SSSR count). The van der Waals surface area contributed by atoms with Crippen LogP contribution in [0.5, 0.6) is 5.75 Å². The molecule has 0 radical (unpaired) electrons. The van der Waals surface area contributed by atoms with Gasteiger partial charge in [0.1, 0.15) is 11.1 Å². The van der Waals surface area contributed by atoms with Gasteiger partial charge in [-0.15, -0.1) is 0 Å².